The fourth-order valence-electron chi connectivity index (χ4n) is 9.33. The predicted octanol–water partition coefficient (Wildman–Crippen LogP) is 10.6. The summed E-state index contributed by atoms with van der Waals surface area (Å²) in [4.78, 5) is 26.1. The number of fused-ring (bicyclic) bond motifs is 17. The minimum Gasteiger partial charge on any atom is -0.276 e. The van der Waals surface area contributed by atoms with Crippen molar-refractivity contribution in [3.8, 4) is 51.1 Å². The van der Waals surface area contributed by atoms with E-state index in [9.17, 15) is 0 Å². The molecule has 0 aliphatic heterocycles. The van der Waals surface area contributed by atoms with Crippen molar-refractivity contribution < 1.29 is 0 Å². The molecule has 250 valence electrons. The third-order valence-electron chi connectivity index (χ3n) is 11.3. The van der Waals surface area contributed by atoms with Crippen molar-refractivity contribution in [1.29, 1.82) is 0 Å². The summed E-state index contributed by atoms with van der Waals surface area (Å²) < 4.78 is 2.25. The number of benzene rings is 6. The highest BCUT2D eigenvalue weighted by molar-refractivity contribution is 6.26. The normalized spacial score (nSPS) is 13.3. The Morgan fingerprint density at radius 1 is 0.463 bits per heavy atom. The third kappa shape index (κ3) is 3.71. The number of rotatable bonds is 3. The molecule has 54 heavy (non-hydrogen) atoms. The van der Waals surface area contributed by atoms with Crippen LogP contribution in [0.2, 0.25) is 0 Å². The van der Waals surface area contributed by atoms with E-state index in [0.29, 0.717) is 17.6 Å². The van der Waals surface area contributed by atoms with Crippen LogP contribution < -0.4 is 0 Å². The molecule has 0 unspecified atom stereocenters. The van der Waals surface area contributed by atoms with Gasteiger partial charge in [0.2, 0.25) is 5.95 Å². The minimum atomic E-state index is -0.669. The SMILES string of the molecule is c1ccc(-c2nc(-c3ccccc3)nc(-n3c4cccnc4c4c5ccccc5c5c(c43)C3(c4ccccc4-c4ccccc43)c3cccnc3-5)n2)cc1. The highest BCUT2D eigenvalue weighted by atomic mass is 15.2. The van der Waals surface area contributed by atoms with Gasteiger partial charge < -0.3 is 0 Å². The van der Waals surface area contributed by atoms with Crippen molar-refractivity contribution >= 4 is 32.7 Å². The highest BCUT2D eigenvalue weighted by Gasteiger charge is 2.54. The van der Waals surface area contributed by atoms with Gasteiger partial charge in [-0.1, -0.05) is 140 Å². The quantitative estimate of drug-likeness (QED) is 0.185. The second kappa shape index (κ2) is 10.9. The summed E-state index contributed by atoms with van der Waals surface area (Å²) in [6, 6.07) is 55.3. The van der Waals surface area contributed by atoms with E-state index >= 15 is 0 Å². The van der Waals surface area contributed by atoms with Crippen molar-refractivity contribution in [2.75, 3.05) is 0 Å². The molecular weight excluding hydrogens is 661 g/mol. The Morgan fingerprint density at radius 2 is 1.02 bits per heavy atom. The van der Waals surface area contributed by atoms with Crippen LogP contribution in [0.15, 0.2) is 170 Å². The highest BCUT2D eigenvalue weighted by Crippen LogP contribution is 2.65. The van der Waals surface area contributed by atoms with Gasteiger partial charge in [-0.25, -0.2) is 4.98 Å². The maximum absolute atomic E-state index is 5.33. The first kappa shape index (κ1) is 29.3. The monoisotopic (exact) mass is 688 g/mol. The third-order valence-corrected chi connectivity index (χ3v) is 11.3. The van der Waals surface area contributed by atoms with E-state index in [4.69, 9.17) is 24.9 Å². The van der Waals surface area contributed by atoms with Crippen molar-refractivity contribution in [3.63, 3.8) is 0 Å². The van der Waals surface area contributed by atoms with Gasteiger partial charge in [-0.2, -0.15) is 9.97 Å². The van der Waals surface area contributed by atoms with Gasteiger partial charge >= 0.3 is 0 Å². The molecule has 0 atom stereocenters. The van der Waals surface area contributed by atoms with Gasteiger partial charge in [0.1, 0.15) is 0 Å². The van der Waals surface area contributed by atoms with Gasteiger partial charge in [-0.05, 0) is 56.8 Å². The first-order chi connectivity index (χ1) is 26.8. The van der Waals surface area contributed by atoms with Crippen LogP contribution in [0.25, 0.3) is 83.8 Å². The van der Waals surface area contributed by atoms with E-state index in [0.717, 1.165) is 55.1 Å². The fraction of sp³-hybridized carbons (Fsp3) is 0.0208. The van der Waals surface area contributed by atoms with E-state index in [-0.39, 0.29) is 0 Å². The summed E-state index contributed by atoms with van der Waals surface area (Å²) >= 11 is 0. The van der Waals surface area contributed by atoms with Crippen LogP contribution in [0.1, 0.15) is 22.3 Å². The lowest BCUT2D eigenvalue weighted by molar-refractivity contribution is 0.793. The summed E-state index contributed by atoms with van der Waals surface area (Å²) in [5, 5.41) is 3.33. The van der Waals surface area contributed by atoms with Crippen molar-refractivity contribution in [1.82, 2.24) is 29.5 Å². The van der Waals surface area contributed by atoms with E-state index in [2.05, 4.69) is 120 Å². The summed E-state index contributed by atoms with van der Waals surface area (Å²) in [6.07, 6.45) is 3.81. The van der Waals surface area contributed by atoms with E-state index < -0.39 is 5.41 Å². The standard InChI is InChI=1S/C48H28N6/c1-3-15-29(16-4-1)45-51-46(30-17-5-2-6-18-30)53-47(52-45)54-38-26-14-28-50-43(38)40-34-22-8-7-21-33(34)39-41(44(40)54)48(37-25-13-27-49-42(37)39)35-23-11-9-19-31(35)32-20-10-12-24-36(32)48/h1-28H. The smallest absolute Gasteiger partial charge is 0.238 e. The molecule has 0 saturated heterocycles. The zero-order valence-electron chi connectivity index (χ0n) is 28.8. The summed E-state index contributed by atoms with van der Waals surface area (Å²) in [6.45, 7) is 0. The van der Waals surface area contributed by atoms with E-state index in [1.54, 1.807) is 0 Å². The first-order valence-corrected chi connectivity index (χ1v) is 18.2. The molecule has 1 spiro atoms. The minimum absolute atomic E-state index is 0.534. The fourth-order valence-corrected chi connectivity index (χ4v) is 9.33. The number of hydrogen-bond donors (Lipinski definition) is 0. The predicted molar refractivity (Wildman–Crippen MR) is 214 cm³/mol. The Labute approximate surface area is 310 Å². The zero-order valence-corrected chi connectivity index (χ0v) is 28.8. The van der Waals surface area contributed by atoms with Crippen molar-refractivity contribution in [2.24, 2.45) is 0 Å². The second-order valence-electron chi connectivity index (χ2n) is 14.0. The molecule has 6 aromatic carbocycles. The molecule has 0 amide bonds. The molecule has 0 fully saturated rings. The summed E-state index contributed by atoms with van der Waals surface area (Å²) in [5.74, 6) is 1.74. The summed E-state index contributed by atoms with van der Waals surface area (Å²) in [5.41, 5.74) is 13.4. The Balaban J connectivity index is 1.34. The second-order valence-corrected chi connectivity index (χ2v) is 14.0. The molecule has 0 N–H and O–H groups in total. The average molecular weight is 689 g/mol. The van der Waals surface area contributed by atoms with Crippen molar-refractivity contribution in [2.45, 2.75) is 5.41 Å². The van der Waals surface area contributed by atoms with Gasteiger partial charge in [-0.15, -0.1) is 0 Å². The molecule has 0 radical (unpaired) electrons. The van der Waals surface area contributed by atoms with Gasteiger partial charge in [-0.3, -0.25) is 14.5 Å². The van der Waals surface area contributed by atoms with Crippen LogP contribution in [0, 0.1) is 0 Å². The van der Waals surface area contributed by atoms with Crippen LogP contribution in [0.5, 0.6) is 0 Å². The molecule has 2 aliphatic carbocycles. The van der Waals surface area contributed by atoms with Crippen LogP contribution in [0.4, 0.5) is 0 Å². The van der Waals surface area contributed by atoms with E-state index in [1.165, 1.54) is 33.4 Å². The van der Waals surface area contributed by atoms with Crippen LogP contribution in [0.3, 0.4) is 0 Å². The van der Waals surface area contributed by atoms with Crippen LogP contribution in [-0.2, 0) is 5.41 Å². The van der Waals surface area contributed by atoms with Gasteiger partial charge in [0.05, 0.1) is 27.7 Å². The molecule has 10 aromatic rings. The molecular formula is C48H28N6. The Hall–Kier alpha value is -7.31. The molecule has 2 aliphatic rings. The van der Waals surface area contributed by atoms with Gasteiger partial charge in [0.25, 0.3) is 0 Å². The topological polar surface area (TPSA) is 69.4 Å². The molecule has 4 heterocycles. The molecule has 6 heteroatoms. The molecule has 0 saturated carbocycles. The Morgan fingerprint density at radius 3 is 1.70 bits per heavy atom. The number of hydrogen-bond acceptors (Lipinski definition) is 5. The van der Waals surface area contributed by atoms with E-state index in [1.807, 2.05) is 54.9 Å². The molecule has 0 bridgehead atoms. The molecule has 12 rings (SSSR count). The lowest BCUT2D eigenvalue weighted by Gasteiger charge is -2.31. The molecule has 4 aromatic heterocycles. The lowest BCUT2D eigenvalue weighted by Crippen LogP contribution is -2.27. The summed E-state index contributed by atoms with van der Waals surface area (Å²) in [7, 11) is 0. The van der Waals surface area contributed by atoms with Gasteiger partial charge in [0, 0.05) is 40.0 Å². The first-order valence-electron chi connectivity index (χ1n) is 18.2. The zero-order chi connectivity index (χ0) is 35.4. The van der Waals surface area contributed by atoms with Gasteiger partial charge in [0.15, 0.2) is 11.6 Å². The molecule has 6 nitrogen and oxygen atoms in total. The number of pyridine rings is 2. The average Bonchev–Trinajstić information content (AvgIpc) is 3.87. The Kier molecular flexibility index (Phi) is 5.89. The maximum atomic E-state index is 5.33. The van der Waals surface area contributed by atoms with Crippen molar-refractivity contribution in [3.05, 3.63) is 192 Å². The van der Waals surface area contributed by atoms with Crippen LogP contribution in [-0.4, -0.2) is 29.5 Å². The Bertz CT molecular complexity index is 3060. The largest absolute Gasteiger partial charge is 0.276 e. The lowest BCUT2D eigenvalue weighted by atomic mass is 9.70. The number of aromatic nitrogens is 6. The maximum Gasteiger partial charge on any atom is 0.238 e. The number of nitrogens with zero attached hydrogens (tertiary/aromatic N) is 6. The van der Waals surface area contributed by atoms with Crippen LogP contribution >= 0.6 is 0 Å².